The molecule has 0 radical (unpaired) electrons. The summed E-state index contributed by atoms with van der Waals surface area (Å²) in [4.78, 5) is 14.5. The molecule has 1 saturated heterocycles. The van der Waals surface area contributed by atoms with E-state index in [9.17, 15) is 13.2 Å². The van der Waals surface area contributed by atoms with Crippen molar-refractivity contribution >= 4 is 33.4 Å². The van der Waals surface area contributed by atoms with Gasteiger partial charge in [-0.3, -0.25) is 9.52 Å². The van der Waals surface area contributed by atoms with E-state index in [0.29, 0.717) is 28.3 Å². The molecular weight excluding hydrogens is 448 g/mol. The van der Waals surface area contributed by atoms with E-state index in [1.807, 2.05) is 4.90 Å². The van der Waals surface area contributed by atoms with Gasteiger partial charge in [0.15, 0.2) is 0 Å². The van der Waals surface area contributed by atoms with Gasteiger partial charge in [0.1, 0.15) is 0 Å². The largest absolute Gasteiger partial charge is 0.411 e. The number of hydrogen-bond acceptors (Lipinski definition) is 7. The highest BCUT2D eigenvalue weighted by Crippen LogP contribution is 2.26. The van der Waals surface area contributed by atoms with Crippen molar-refractivity contribution < 1.29 is 17.6 Å². The first kappa shape index (κ1) is 22.3. The second kappa shape index (κ2) is 9.74. The van der Waals surface area contributed by atoms with Crippen LogP contribution in [0.4, 0.5) is 5.69 Å². The minimum atomic E-state index is -3.66. The average molecular weight is 473 g/mol. The lowest BCUT2D eigenvalue weighted by molar-refractivity contribution is -0.130. The Labute approximate surface area is 191 Å². The summed E-state index contributed by atoms with van der Waals surface area (Å²) in [5.74, 6) is 1.18. The number of hydrogen-bond donors (Lipinski definition) is 1. The maximum absolute atomic E-state index is 12.4. The van der Waals surface area contributed by atoms with Gasteiger partial charge in [0, 0.05) is 24.3 Å². The van der Waals surface area contributed by atoms with Crippen LogP contribution in [0.3, 0.4) is 0 Å². The third-order valence-electron chi connectivity index (χ3n) is 5.17. The van der Waals surface area contributed by atoms with Crippen molar-refractivity contribution in [3.63, 3.8) is 0 Å². The maximum Gasteiger partial charge on any atom is 0.277 e. The number of sulfonamides is 1. The molecule has 0 bridgehead atoms. The van der Waals surface area contributed by atoms with Gasteiger partial charge in [-0.15, -0.1) is 10.2 Å². The molecule has 1 aliphatic rings. The van der Waals surface area contributed by atoms with Crippen molar-refractivity contribution in [1.29, 1.82) is 0 Å². The summed E-state index contributed by atoms with van der Waals surface area (Å²) in [5.41, 5.74) is 1.08. The van der Waals surface area contributed by atoms with Crippen LogP contribution in [-0.2, 0) is 14.8 Å². The van der Waals surface area contributed by atoms with Crippen LogP contribution in [0.1, 0.15) is 19.8 Å². The van der Waals surface area contributed by atoms with Gasteiger partial charge >= 0.3 is 0 Å². The number of piperidine rings is 1. The molecule has 3 aromatic rings. The number of likely N-dealkylation sites (tertiary alicyclic amines) is 1. The van der Waals surface area contributed by atoms with Crippen LogP contribution < -0.4 is 4.72 Å². The first-order valence-corrected chi connectivity index (χ1v) is 12.8. The van der Waals surface area contributed by atoms with Crippen molar-refractivity contribution in [2.24, 2.45) is 5.92 Å². The van der Waals surface area contributed by atoms with Crippen LogP contribution in [0.2, 0.25) is 0 Å². The maximum atomic E-state index is 12.4. The molecular formula is C22H24N4O4S2. The predicted octanol–water partition coefficient (Wildman–Crippen LogP) is 3.89. The van der Waals surface area contributed by atoms with E-state index >= 15 is 0 Å². The Hall–Kier alpha value is -2.85. The highest BCUT2D eigenvalue weighted by Gasteiger charge is 2.22. The molecule has 8 nitrogen and oxygen atoms in total. The smallest absolute Gasteiger partial charge is 0.277 e. The third kappa shape index (κ3) is 5.49. The molecule has 4 rings (SSSR count). The standard InChI is InChI=1S/C22H24N4O4S2/c1-16-6-5-13-26(14-16)20(27)15-31-22-24-23-21(30-22)17-9-11-18(12-10-17)25-32(28,29)19-7-3-2-4-8-19/h2-4,7-12,16,25H,5-6,13-15H2,1H3. The molecule has 10 heteroatoms. The minimum absolute atomic E-state index is 0.0800. The zero-order valence-corrected chi connectivity index (χ0v) is 19.2. The number of nitrogens with zero attached hydrogens (tertiary/aromatic N) is 3. The van der Waals surface area contributed by atoms with Crippen LogP contribution in [0.25, 0.3) is 11.5 Å². The van der Waals surface area contributed by atoms with Gasteiger partial charge in [-0.1, -0.05) is 36.9 Å². The van der Waals surface area contributed by atoms with Crippen molar-refractivity contribution in [1.82, 2.24) is 15.1 Å². The summed E-state index contributed by atoms with van der Waals surface area (Å²) >= 11 is 1.22. The van der Waals surface area contributed by atoms with Gasteiger partial charge in [0.25, 0.3) is 15.2 Å². The highest BCUT2D eigenvalue weighted by molar-refractivity contribution is 7.99. The van der Waals surface area contributed by atoms with Gasteiger partial charge < -0.3 is 9.32 Å². The van der Waals surface area contributed by atoms with Crippen LogP contribution in [0.15, 0.2) is 69.1 Å². The van der Waals surface area contributed by atoms with Crippen molar-refractivity contribution in [2.75, 3.05) is 23.6 Å². The number of thioether (sulfide) groups is 1. The zero-order chi connectivity index (χ0) is 22.6. The Morgan fingerprint density at radius 3 is 2.62 bits per heavy atom. The lowest BCUT2D eigenvalue weighted by Gasteiger charge is -2.30. The Morgan fingerprint density at radius 1 is 1.16 bits per heavy atom. The first-order chi connectivity index (χ1) is 15.4. The summed E-state index contributed by atoms with van der Waals surface area (Å²) in [6.07, 6.45) is 2.20. The van der Waals surface area contributed by atoms with Gasteiger partial charge in [-0.2, -0.15) is 0 Å². The molecule has 0 spiro atoms. The summed E-state index contributed by atoms with van der Waals surface area (Å²) in [6, 6.07) is 14.8. The average Bonchev–Trinajstić information content (AvgIpc) is 3.27. The molecule has 2 aromatic carbocycles. The Kier molecular flexibility index (Phi) is 6.80. The lowest BCUT2D eigenvalue weighted by atomic mass is 10.0. The molecule has 1 amide bonds. The SMILES string of the molecule is CC1CCCN(C(=O)CSc2nnc(-c3ccc(NS(=O)(=O)c4ccccc4)cc3)o2)C1. The lowest BCUT2D eigenvalue weighted by Crippen LogP contribution is -2.40. The molecule has 0 aliphatic carbocycles. The van der Waals surface area contributed by atoms with Crippen LogP contribution in [-0.4, -0.2) is 48.3 Å². The Bertz CT molecular complexity index is 1160. The second-order valence-electron chi connectivity index (χ2n) is 7.74. The quantitative estimate of drug-likeness (QED) is 0.520. The molecule has 1 aromatic heterocycles. The summed E-state index contributed by atoms with van der Waals surface area (Å²) in [5, 5.41) is 8.38. The fourth-order valence-electron chi connectivity index (χ4n) is 3.51. The Morgan fingerprint density at radius 2 is 1.91 bits per heavy atom. The Balaban J connectivity index is 1.35. The molecule has 1 N–H and O–H groups in total. The first-order valence-electron chi connectivity index (χ1n) is 10.3. The summed E-state index contributed by atoms with van der Waals surface area (Å²) < 4.78 is 33.1. The number of aromatic nitrogens is 2. The number of amides is 1. The topological polar surface area (TPSA) is 105 Å². The van der Waals surface area contributed by atoms with Gasteiger partial charge in [-0.05, 0) is 55.2 Å². The van der Waals surface area contributed by atoms with Gasteiger partial charge in [0.2, 0.25) is 11.8 Å². The summed E-state index contributed by atoms with van der Waals surface area (Å²) in [7, 11) is -3.66. The van der Waals surface area contributed by atoms with Crippen molar-refractivity contribution in [3.05, 3.63) is 54.6 Å². The fraction of sp³-hybridized carbons (Fsp3) is 0.318. The molecule has 1 unspecified atom stereocenters. The predicted molar refractivity (Wildman–Crippen MR) is 123 cm³/mol. The molecule has 1 aliphatic heterocycles. The van der Waals surface area contributed by atoms with Crippen LogP contribution in [0, 0.1) is 5.92 Å². The molecule has 1 fully saturated rings. The molecule has 168 valence electrons. The van der Waals surface area contributed by atoms with E-state index in [0.717, 1.165) is 25.9 Å². The number of rotatable bonds is 7. The third-order valence-corrected chi connectivity index (χ3v) is 7.37. The van der Waals surface area contributed by atoms with Gasteiger partial charge in [-0.25, -0.2) is 8.42 Å². The van der Waals surface area contributed by atoms with Crippen LogP contribution >= 0.6 is 11.8 Å². The zero-order valence-electron chi connectivity index (χ0n) is 17.6. The van der Waals surface area contributed by atoms with E-state index in [1.165, 1.54) is 23.9 Å². The van der Waals surface area contributed by atoms with E-state index in [-0.39, 0.29) is 16.6 Å². The van der Waals surface area contributed by atoms with E-state index in [1.54, 1.807) is 42.5 Å². The summed E-state index contributed by atoms with van der Waals surface area (Å²) in [6.45, 7) is 3.77. The molecule has 2 heterocycles. The molecule has 32 heavy (non-hydrogen) atoms. The van der Waals surface area contributed by atoms with Gasteiger partial charge in [0.05, 0.1) is 10.6 Å². The minimum Gasteiger partial charge on any atom is -0.411 e. The fourth-order valence-corrected chi connectivity index (χ4v) is 5.26. The molecule has 1 atom stereocenters. The number of anilines is 1. The number of carbonyl (C=O) groups excluding carboxylic acids is 1. The monoisotopic (exact) mass is 472 g/mol. The van der Waals surface area contributed by atoms with E-state index in [4.69, 9.17) is 4.42 Å². The normalized spacial score (nSPS) is 16.7. The van der Waals surface area contributed by atoms with E-state index < -0.39 is 10.0 Å². The molecule has 0 saturated carbocycles. The number of nitrogens with one attached hydrogen (secondary N) is 1. The number of carbonyl (C=O) groups is 1. The van der Waals surface area contributed by atoms with Crippen molar-refractivity contribution in [3.8, 4) is 11.5 Å². The highest BCUT2D eigenvalue weighted by atomic mass is 32.2. The van der Waals surface area contributed by atoms with E-state index in [2.05, 4.69) is 21.8 Å². The van der Waals surface area contributed by atoms with Crippen LogP contribution in [0.5, 0.6) is 0 Å². The van der Waals surface area contributed by atoms with Crippen molar-refractivity contribution in [2.45, 2.75) is 29.9 Å². The second-order valence-corrected chi connectivity index (χ2v) is 10.4. The number of benzene rings is 2.